The minimum Gasteiger partial charge on any atom is -0.322 e. The molecule has 0 aliphatic rings. The highest BCUT2D eigenvalue weighted by atomic mass is 79.9. The summed E-state index contributed by atoms with van der Waals surface area (Å²) in [5.74, 6) is -0.0544. The van der Waals surface area contributed by atoms with Gasteiger partial charge in [-0.05, 0) is 48.6 Å². The summed E-state index contributed by atoms with van der Waals surface area (Å²) in [6, 6.07) is 5.85. The number of nitrogens with one attached hydrogen (secondary N) is 1. The molecule has 1 N–H and O–H groups in total. The van der Waals surface area contributed by atoms with Crippen LogP contribution in [-0.4, -0.2) is 5.91 Å². The molecule has 0 bridgehead atoms. The smallest absolute Gasteiger partial charge is 0.256 e. The highest BCUT2D eigenvalue weighted by molar-refractivity contribution is 9.10. The van der Waals surface area contributed by atoms with Gasteiger partial charge in [-0.15, -0.1) is 0 Å². The number of rotatable bonds is 2. The molecule has 1 aromatic heterocycles. The number of halogens is 1. The highest BCUT2D eigenvalue weighted by Crippen LogP contribution is 2.21. The van der Waals surface area contributed by atoms with E-state index in [0.29, 0.717) is 0 Å². The van der Waals surface area contributed by atoms with Crippen molar-refractivity contribution in [1.29, 1.82) is 0 Å². The average Bonchev–Trinajstić information content (AvgIpc) is 2.62. The number of amides is 1. The van der Waals surface area contributed by atoms with Crippen molar-refractivity contribution in [2.75, 3.05) is 5.32 Å². The maximum absolute atomic E-state index is 12.0. The third-order valence-corrected chi connectivity index (χ3v) is 3.72. The van der Waals surface area contributed by atoms with Gasteiger partial charge >= 0.3 is 0 Å². The minimum atomic E-state index is -0.0544. The van der Waals surface area contributed by atoms with Crippen molar-refractivity contribution in [1.82, 2.24) is 0 Å². The summed E-state index contributed by atoms with van der Waals surface area (Å²) in [5, 5.41) is 6.75. The molecular formula is C13H12BrNOS. The van der Waals surface area contributed by atoms with E-state index in [2.05, 4.69) is 21.2 Å². The first-order valence-electron chi connectivity index (χ1n) is 5.17. The van der Waals surface area contributed by atoms with Gasteiger partial charge in [0, 0.05) is 15.5 Å². The van der Waals surface area contributed by atoms with E-state index in [1.54, 1.807) is 11.3 Å². The van der Waals surface area contributed by atoms with Gasteiger partial charge in [0.15, 0.2) is 0 Å². The Balaban J connectivity index is 2.21. The van der Waals surface area contributed by atoms with Crippen molar-refractivity contribution in [2.24, 2.45) is 0 Å². The van der Waals surface area contributed by atoms with Crippen molar-refractivity contribution < 1.29 is 4.79 Å². The molecular weight excluding hydrogens is 298 g/mol. The van der Waals surface area contributed by atoms with Crippen LogP contribution in [0.15, 0.2) is 33.4 Å². The lowest BCUT2D eigenvalue weighted by Gasteiger charge is -2.06. The van der Waals surface area contributed by atoms with Crippen LogP contribution in [0.25, 0.3) is 0 Å². The molecule has 1 heterocycles. The molecule has 1 amide bonds. The van der Waals surface area contributed by atoms with Gasteiger partial charge in [0.2, 0.25) is 0 Å². The fourth-order valence-electron chi connectivity index (χ4n) is 1.60. The minimum absolute atomic E-state index is 0.0544. The van der Waals surface area contributed by atoms with E-state index in [1.165, 1.54) is 0 Å². The van der Waals surface area contributed by atoms with Crippen molar-refractivity contribution in [3.8, 4) is 0 Å². The SMILES string of the molecule is Cc1cc(Br)cc(NC(=O)c2cscc2C)c1. The van der Waals surface area contributed by atoms with Crippen molar-refractivity contribution in [3.63, 3.8) is 0 Å². The highest BCUT2D eigenvalue weighted by Gasteiger charge is 2.10. The number of anilines is 1. The van der Waals surface area contributed by atoms with E-state index in [4.69, 9.17) is 0 Å². The monoisotopic (exact) mass is 309 g/mol. The van der Waals surface area contributed by atoms with Crippen LogP contribution in [-0.2, 0) is 0 Å². The lowest BCUT2D eigenvalue weighted by molar-refractivity contribution is 0.102. The Kier molecular flexibility index (Phi) is 3.64. The first-order valence-corrected chi connectivity index (χ1v) is 6.91. The lowest BCUT2D eigenvalue weighted by atomic mass is 10.2. The summed E-state index contributed by atoms with van der Waals surface area (Å²) >= 11 is 4.96. The van der Waals surface area contributed by atoms with Gasteiger partial charge in [0.1, 0.15) is 0 Å². The average molecular weight is 310 g/mol. The molecule has 0 saturated heterocycles. The van der Waals surface area contributed by atoms with Crippen LogP contribution in [0.3, 0.4) is 0 Å². The van der Waals surface area contributed by atoms with E-state index in [0.717, 1.165) is 26.9 Å². The zero-order chi connectivity index (χ0) is 12.4. The van der Waals surface area contributed by atoms with Crippen LogP contribution >= 0.6 is 27.3 Å². The molecule has 0 radical (unpaired) electrons. The van der Waals surface area contributed by atoms with Crippen molar-refractivity contribution >= 4 is 38.9 Å². The van der Waals surface area contributed by atoms with Crippen LogP contribution < -0.4 is 5.32 Å². The second-order valence-electron chi connectivity index (χ2n) is 3.94. The second kappa shape index (κ2) is 5.02. The van der Waals surface area contributed by atoms with Gasteiger partial charge < -0.3 is 5.32 Å². The maximum Gasteiger partial charge on any atom is 0.256 e. The Hall–Kier alpha value is -1.13. The zero-order valence-electron chi connectivity index (χ0n) is 9.58. The normalized spacial score (nSPS) is 10.3. The Morgan fingerprint density at radius 3 is 2.59 bits per heavy atom. The molecule has 2 aromatic rings. The molecule has 2 nitrogen and oxygen atoms in total. The summed E-state index contributed by atoms with van der Waals surface area (Å²) in [6.45, 7) is 3.94. The maximum atomic E-state index is 12.0. The van der Waals surface area contributed by atoms with Crippen LogP contribution in [0.1, 0.15) is 21.5 Å². The number of carbonyl (C=O) groups is 1. The summed E-state index contributed by atoms with van der Waals surface area (Å²) in [5.41, 5.74) is 3.68. The molecule has 0 atom stereocenters. The number of benzene rings is 1. The molecule has 0 unspecified atom stereocenters. The van der Waals surface area contributed by atoms with E-state index < -0.39 is 0 Å². The van der Waals surface area contributed by atoms with E-state index in [9.17, 15) is 4.79 Å². The topological polar surface area (TPSA) is 29.1 Å². The molecule has 88 valence electrons. The standard InChI is InChI=1S/C13H12BrNOS/c1-8-3-10(14)5-11(4-8)15-13(16)12-7-17-6-9(12)2/h3-7H,1-2H3,(H,15,16). The third kappa shape index (κ3) is 2.96. The number of thiophene rings is 1. The van der Waals surface area contributed by atoms with Gasteiger partial charge in [-0.2, -0.15) is 11.3 Å². The Labute approximate surface area is 113 Å². The Morgan fingerprint density at radius 2 is 2.00 bits per heavy atom. The van der Waals surface area contributed by atoms with Gasteiger partial charge in [-0.3, -0.25) is 4.79 Å². The number of hydrogen-bond acceptors (Lipinski definition) is 2. The number of aryl methyl sites for hydroxylation is 2. The fraction of sp³-hybridized carbons (Fsp3) is 0.154. The molecule has 17 heavy (non-hydrogen) atoms. The van der Waals surface area contributed by atoms with E-state index >= 15 is 0 Å². The molecule has 0 saturated carbocycles. The first-order chi connectivity index (χ1) is 8.06. The zero-order valence-corrected chi connectivity index (χ0v) is 12.0. The van der Waals surface area contributed by atoms with Crippen molar-refractivity contribution in [2.45, 2.75) is 13.8 Å². The second-order valence-corrected chi connectivity index (χ2v) is 5.60. The lowest BCUT2D eigenvalue weighted by Crippen LogP contribution is -2.12. The van der Waals surface area contributed by atoms with Gasteiger partial charge in [-0.25, -0.2) is 0 Å². The number of hydrogen-bond donors (Lipinski definition) is 1. The molecule has 0 aliphatic carbocycles. The predicted octanol–water partition coefficient (Wildman–Crippen LogP) is 4.38. The van der Waals surface area contributed by atoms with Crippen LogP contribution in [0.5, 0.6) is 0 Å². The van der Waals surface area contributed by atoms with E-state index in [1.807, 2.05) is 42.8 Å². The Bertz CT molecular complexity index is 542. The summed E-state index contributed by atoms with van der Waals surface area (Å²) < 4.78 is 0.967. The van der Waals surface area contributed by atoms with Crippen molar-refractivity contribution in [3.05, 3.63) is 50.1 Å². The molecule has 0 spiro atoms. The molecule has 0 fully saturated rings. The summed E-state index contributed by atoms with van der Waals surface area (Å²) in [4.78, 5) is 12.0. The quantitative estimate of drug-likeness (QED) is 0.876. The van der Waals surface area contributed by atoms with Gasteiger partial charge in [0.25, 0.3) is 5.91 Å². The third-order valence-electron chi connectivity index (χ3n) is 2.40. The van der Waals surface area contributed by atoms with Crippen LogP contribution in [0.2, 0.25) is 0 Å². The first kappa shape index (κ1) is 12.3. The van der Waals surface area contributed by atoms with Gasteiger partial charge in [0.05, 0.1) is 5.56 Å². The predicted molar refractivity (Wildman–Crippen MR) is 75.9 cm³/mol. The molecule has 0 aliphatic heterocycles. The largest absolute Gasteiger partial charge is 0.322 e. The van der Waals surface area contributed by atoms with E-state index in [-0.39, 0.29) is 5.91 Å². The van der Waals surface area contributed by atoms with Gasteiger partial charge in [-0.1, -0.05) is 15.9 Å². The molecule has 4 heteroatoms. The fourth-order valence-corrected chi connectivity index (χ4v) is 3.04. The Morgan fingerprint density at radius 1 is 1.24 bits per heavy atom. The van der Waals surface area contributed by atoms with Crippen LogP contribution in [0.4, 0.5) is 5.69 Å². The number of carbonyl (C=O) groups excluding carboxylic acids is 1. The summed E-state index contributed by atoms with van der Waals surface area (Å²) in [7, 11) is 0. The molecule has 2 rings (SSSR count). The van der Waals surface area contributed by atoms with Crippen LogP contribution in [0, 0.1) is 13.8 Å². The molecule has 1 aromatic carbocycles. The summed E-state index contributed by atoms with van der Waals surface area (Å²) in [6.07, 6.45) is 0.